The zero-order valence-electron chi connectivity index (χ0n) is 42.5. The highest BCUT2D eigenvalue weighted by molar-refractivity contribution is 7.81. The van der Waals surface area contributed by atoms with Crippen LogP contribution in [-0.2, 0) is 40.4 Å². The van der Waals surface area contributed by atoms with Gasteiger partial charge in [-0.05, 0) is 96.8 Å². The van der Waals surface area contributed by atoms with Crippen molar-refractivity contribution in [1.29, 1.82) is 0 Å². The van der Waals surface area contributed by atoms with Crippen LogP contribution in [-0.4, -0.2) is 90.5 Å². The summed E-state index contributed by atoms with van der Waals surface area (Å²) in [4.78, 5) is 72.1. The van der Waals surface area contributed by atoms with Crippen LogP contribution in [0.2, 0.25) is 0 Å². The lowest BCUT2D eigenvalue weighted by Gasteiger charge is -2.26. The van der Waals surface area contributed by atoms with Crippen molar-refractivity contribution >= 4 is 70.6 Å². The summed E-state index contributed by atoms with van der Waals surface area (Å²) in [5.41, 5.74) is 7.03. The van der Waals surface area contributed by atoms with Gasteiger partial charge in [0.05, 0.1) is 48.8 Å². The number of ether oxygens (including phenoxy) is 4. The van der Waals surface area contributed by atoms with E-state index in [0.717, 1.165) is 28.9 Å². The molecule has 0 radical (unpaired) electrons. The summed E-state index contributed by atoms with van der Waals surface area (Å²) in [7, 11) is 2.99. The van der Waals surface area contributed by atoms with E-state index in [0.29, 0.717) is 70.2 Å². The number of carbonyl (C=O) groups excluding carboxylic acids is 5. The van der Waals surface area contributed by atoms with Gasteiger partial charge in [-0.15, -0.1) is 0 Å². The third-order valence-electron chi connectivity index (χ3n) is 13.9. The molecule has 9 rings (SSSR count). The minimum atomic E-state index is -1.08. The quantitative estimate of drug-likeness (QED) is 0.0460. The molecule has 0 saturated carbocycles. The summed E-state index contributed by atoms with van der Waals surface area (Å²) >= 11 is 4.51. The van der Waals surface area contributed by atoms with Gasteiger partial charge in [0.1, 0.15) is 31.5 Å². The number of aliphatic hydroxyl groups is 1. The highest BCUT2D eigenvalue weighted by Gasteiger charge is 2.43. The zero-order chi connectivity index (χ0) is 52.6. The van der Waals surface area contributed by atoms with E-state index in [1.54, 1.807) is 48.2 Å². The highest BCUT2D eigenvalue weighted by Crippen LogP contribution is 2.43. The van der Waals surface area contributed by atoms with Crippen LogP contribution in [0.25, 0.3) is 0 Å². The maximum atomic E-state index is 14.2. The Balaban J connectivity index is 0.964. The Morgan fingerprint density at radius 1 is 0.743 bits per heavy atom. The lowest BCUT2D eigenvalue weighted by molar-refractivity contribution is -0.131. The van der Waals surface area contributed by atoms with Crippen molar-refractivity contribution in [1.82, 2.24) is 10.6 Å². The molecule has 0 aromatic heterocycles. The largest absolute Gasteiger partial charge is 0.493 e. The first-order valence-corrected chi connectivity index (χ1v) is 25.3. The van der Waals surface area contributed by atoms with Crippen molar-refractivity contribution in [3.63, 3.8) is 0 Å². The van der Waals surface area contributed by atoms with E-state index in [9.17, 15) is 29.1 Å². The topological polar surface area (TPSA) is 209 Å². The summed E-state index contributed by atoms with van der Waals surface area (Å²) < 4.78 is 24.1. The molecule has 5 aromatic rings. The van der Waals surface area contributed by atoms with E-state index in [-0.39, 0.29) is 65.6 Å². The Labute approximate surface area is 436 Å². The average Bonchev–Trinajstić information content (AvgIpc) is 3.89. The molecule has 5 aromatic carbocycles. The second kappa shape index (κ2) is 21.2. The molecule has 0 spiro atoms. The third-order valence-corrected chi connectivity index (χ3v) is 14.1. The van der Waals surface area contributed by atoms with E-state index in [2.05, 4.69) is 39.2 Å². The molecule has 0 saturated heterocycles. The average molecular weight is 1030 g/mol. The van der Waals surface area contributed by atoms with Gasteiger partial charge in [-0.3, -0.25) is 24.0 Å². The van der Waals surface area contributed by atoms with Crippen LogP contribution in [0.15, 0.2) is 91.0 Å². The van der Waals surface area contributed by atoms with E-state index in [4.69, 9.17) is 18.9 Å². The number of benzene rings is 5. The lowest BCUT2D eigenvalue weighted by Crippen LogP contribution is -2.53. The number of nitrogens with one attached hydrogen (secondary N) is 5. The SMILES string of the molecule is COc1cc2c(cc1OCc1cc(COc3cc4c(cc3OC)C(=O)N3c5ccccc5CC3[C@@H](O)N4)cc(NC(=O)C(C)NC(=O)C(NC(=O)CCC(C)(C)S)C(C)C)c1)NCC1Cc3ccccc3N1C2=O. The normalized spacial score (nSPS) is 18.1. The van der Waals surface area contributed by atoms with Gasteiger partial charge in [0.2, 0.25) is 17.7 Å². The van der Waals surface area contributed by atoms with Crippen molar-refractivity contribution in [2.24, 2.45) is 5.92 Å². The minimum Gasteiger partial charge on any atom is -0.493 e. The fraction of sp³-hybridized carbons (Fsp3) is 0.375. The molecule has 4 aliphatic rings. The first-order valence-electron chi connectivity index (χ1n) is 24.9. The Hall–Kier alpha value is -7.44. The maximum Gasteiger partial charge on any atom is 0.260 e. The molecule has 0 fully saturated rings. The van der Waals surface area contributed by atoms with Gasteiger partial charge in [-0.1, -0.05) is 64.1 Å². The number of amides is 5. The summed E-state index contributed by atoms with van der Waals surface area (Å²) in [6, 6.07) is 25.0. The molecule has 4 aliphatic heterocycles. The summed E-state index contributed by atoms with van der Waals surface area (Å²) in [6.07, 6.45) is 0.821. The number of para-hydroxylation sites is 2. The third kappa shape index (κ3) is 10.8. The second-order valence-corrected chi connectivity index (χ2v) is 21.5. The van der Waals surface area contributed by atoms with Gasteiger partial charge in [0.15, 0.2) is 23.0 Å². The molecule has 4 unspecified atom stereocenters. The molecule has 0 bridgehead atoms. The Bertz CT molecular complexity index is 3010. The van der Waals surface area contributed by atoms with Gasteiger partial charge in [-0.2, -0.15) is 12.6 Å². The number of hydrogen-bond donors (Lipinski definition) is 7. The van der Waals surface area contributed by atoms with Crippen LogP contribution in [0, 0.1) is 5.92 Å². The molecule has 18 heteroatoms. The predicted molar refractivity (Wildman–Crippen MR) is 286 cm³/mol. The standard InChI is InChI=1S/C56H63N7O10S/c1-30(2)50(61-49(64)16-17-56(4,5)74)53(67)58-31(3)51(65)59-36-19-32(28-72-47-25-40-38(23-45(47)70-6)54(68)62-37(27-57-40)21-34-12-8-10-14-42(34)62)18-33(20-36)29-73-48-26-41-39(24-46(48)71-7)55(69)63-43-15-11-9-13-35(43)22-44(63)52(66)60-41/h8-15,18-20,23-26,30-31,37,44,50,52,57,60,66,74H,16-17,21-22,27-29H2,1-7H3,(H,58,67)(H,59,65)(H,61,64)/t31?,37?,44?,50?,52-/m1/s1. The number of carbonyl (C=O) groups is 5. The van der Waals surface area contributed by atoms with E-state index in [1.807, 2.05) is 87.2 Å². The fourth-order valence-corrected chi connectivity index (χ4v) is 10.1. The van der Waals surface area contributed by atoms with Crippen LogP contribution in [0.1, 0.15) is 90.4 Å². The summed E-state index contributed by atoms with van der Waals surface area (Å²) in [5.74, 6) is -0.723. The number of fused-ring (bicyclic) bond motifs is 8. The number of nitrogens with zero attached hydrogens (tertiary/aromatic N) is 2. The molecule has 5 atom stereocenters. The first-order chi connectivity index (χ1) is 35.4. The number of methoxy groups -OCH3 is 2. The zero-order valence-corrected chi connectivity index (χ0v) is 43.4. The number of anilines is 5. The molecular weight excluding hydrogens is 963 g/mol. The molecule has 388 valence electrons. The van der Waals surface area contributed by atoms with E-state index in [1.165, 1.54) is 14.2 Å². The first kappa shape index (κ1) is 51.5. The second-order valence-electron chi connectivity index (χ2n) is 20.2. The van der Waals surface area contributed by atoms with Crippen molar-refractivity contribution < 1.29 is 48.0 Å². The highest BCUT2D eigenvalue weighted by atomic mass is 32.1. The number of aliphatic hydroxyl groups excluding tert-OH is 1. The molecule has 5 amide bonds. The maximum absolute atomic E-state index is 14.2. The molecular formula is C56H63N7O10S. The Morgan fingerprint density at radius 2 is 1.31 bits per heavy atom. The summed E-state index contributed by atoms with van der Waals surface area (Å²) in [5, 5.41) is 26.5. The Kier molecular flexibility index (Phi) is 14.7. The van der Waals surface area contributed by atoms with Gasteiger partial charge in [-0.25, -0.2) is 0 Å². The smallest absolute Gasteiger partial charge is 0.260 e. The van der Waals surface area contributed by atoms with Gasteiger partial charge < -0.3 is 60.4 Å². The number of rotatable bonds is 17. The molecule has 4 heterocycles. The Morgan fingerprint density at radius 3 is 1.92 bits per heavy atom. The van der Waals surface area contributed by atoms with Crippen molar-refractivity contribution in [2.75, 3.05) is 46.5 Å². The molecule has 6 N–H and O–H groups in total. The van der Waals surface area contributed by atoms with Crippen LogP contribution in [0.3, 0.4) is 0 Å². The molecule has 17 nitrogen and oxygen atoms in total. The summed E-state index contributed by atoms with van der Waals surface area (Å²) in [6.45, 7) is 9.48. The molecule has 0 aliphatic carbocycles. The predicted octanol–water partition coefficient (Wildman–Crippen LogP) is 7.25. The molecule has 74 heavy (non-hydrogen) atoms. The van der Waals surface area contributed by atoms with Gasteiger partial charge in [0.25, 0.3) is 11.8 Å². The fourth-order valence-electron chi connectivity index (χ4n) is 10.00. The van der Waals surface area contributed by atoms with Gasteiger partial charge in [0, 0.05) is 46.9 Å². The van der Waals surface area contributed by atoms with E-state index >= 15 is 0 Å². The monoisotopic (exact) mass is 1030 g/mol. The lowest BCUT2D eigenvalue weighted by atomic mass is 10.0. The van der Waals surface area contributed by atoms with Crippen molar-refractivity contribution in [2.45, 2.75) is 109 Å². The number of thiol groups is 1. The van der Waals surface area contributed by atoms with Crippen LogP contribution < -0.4 is 55.3 Å². The van der Waals surface area contributed by atoms with Gasteiger partial charge >= 0.3 is 0 Å². The van der Waals surface area contributed by atoms with E-state index < -0.39 is 36.2 Å². The van der Waals surface area contributed by atoms with Crippen LogP contribution in [0.5, 0.6) is 23.0 Å². The van der Waals surface area contributed by atoms with Crippen molar-refractivity contribution in [3.8, 4) is 23.0 Å². The van der Waals surface area contributed by atoms with Crippen LogP contribution in [0.4, 0.5) is 28.4 Å². The number of hydrogen-bond acceptors (Lipinski definition) is 13. The van der Waals surface area contributed by atoms with Crippen LogP contribution >= 0.6 is 12.6 Å². The minimum absolute atomic E-state index is 0.0126. The van der Waals surface area contributed by atoms with Crippen molar-refractivity contribution in [3.05, 3.63) is 124 Å².